The van der Waals surface area contributed by atoms with Gasteiger partial charge in [0.05, 0.1) is 0 Å². The molecule has 1 aliphatic rings. The van der Waals surface area contributed by atoms with Crippen LogP contribution >= 0.6 is 24.2 Å². The lowest BCUT2D eigenvalue weighted by Gasteiger charge is -2.01. The van der Waals surface area contributed by atoms with Gasteiger partial charge in [0.15, 0.2) is 0 Å². The van der Waals surface area contributed by atoms with Gasteiger partial charge in [0, 0.05) is 10.6 Å². The molecule has 1 nitrogen and oxygen atoms in total. The molecule has 1 aromatic rings. The van der Waals surface area contributed by atoms with Crippen LogP contribution in [0.5, 0.6) is 0 Å². The quantitative estimate of drug-likeness (QED) is 0.819. The second kappa shape index (κ2) is 4.89. The second-order valence-corrected chi connectivity index (χ2v) is 4.22. The van der Waals surface area contributed by atoms with E-state index in [1.54, 1.807) is 0 Å². The predicted octanol–water partition coefficient (Wildman–Crippen LogP) is 2.26. The molecule has 1 heterocycles. The van der Waals surface area contributed by atoms with Crippen molar-refractivity contribution in [3.05, 3.63) is 29.3 Å². The zero-order valence-electron chi connectivity index (χ0n) is 7.45. The molecule has 0 aliphatic carbocycles. The number of hydrogen-bond donors (Lipinski definition) is 1. The SMILES string of the molecule is Cl.NCCc1ccc2c(c1)CCS2. The van der Waals surface area contributed by atoms with Gasteiger partial charge < -0.3 is 5.73 Å². The van der Waals surface area contributed by atoms with E-state index in [1.807, 2.05) is 11.8 Å². The van der Waals surface area contributed by atoms with Crippen LogP contribution in [0.2, 0.25) is 0 Å². The maximum Gasteiger partial charge on any atom is 0.0105 e. The Kier molecular flexibility index (Phi) is 4.10. The zero-order chi connectivity index (χ0) is 8.39. The first kappa shape index (κ1) is 10.9. The molecular weight excluding hydrogens is 202 g/mol. The number of hydrogen-bond acceptors (Lipinski definition) is 2. The third-order valence-corrected chi connectivity index (χ3v) is 3.30. The second-order valence-electron chi connectivity index (χ2n) is 3.08. The van der Waals surface area contributed by atoms with E-state index in [-0.39, 0.29) is 12.4 Å². The smallest absolute Gasteiger partial charge is 0.0105 e. The van der Waals surface area contributed by atoms with Crippen molar-refractivity contribution in [2.24, 2.45) is 5.73 Å². The van der Waals surface area contributed by atoms with Gasteiger partial charge in [0.25, 0.3) is 0 Å². The highest BCUT2D eigenvalue weighted by molar-refractivity contribution is 7.99. The summed E-state index contributed by atoms with van der Waals surface area (Å²) in [7, 11) is 0. The third-order valence-electron chi connectivity index (χ3n) is 2.19. The summed E-state index contributed by atoms with van der Waals surface area (Å²) in [5, 5.41) is 0. The minimum Gasteiger partial charge on any atom is -0.330 e. The topological polar surface area (TPSA) is 26.0 Å². The maximum atomic E-state index is 5.50. The number of benzene rings is 1. The lowest BCUT2D eigenvalue weighted by molar-refractivity contribution is 0.959. The average molecular weight is 216 g/mol. The van der Waals surface area contributed by atoms with E-state index in [1.165, 1.54) is 28.2 Å². The Morgan fingerprint density at radius 2 is 2.23 bits per heavy atom. The number of halogens is 1. The Balaban J connectivity index is 0.000000845. The molecule has 72 valence electrons. The molecule has 0 unspecified atom stereocenters. The Hall–Kier alpha value is -0.180. The molecule has 0 saturated heterocycles. The number of nitrogens with two attached hydrogens (primary N) is 1. The van der Waals surface area contributed by atoms with Crippen LogP contribution in [0.25, 0.3) is 0 Å². The predicted molar refractivity (Wildman–Crippen MR) is 60.9 cm³/mol. The van der Waals surface area contributed by atoms with Crippen molar-refractivity contribution in [1.82, 2.24) is 0 Å². The number of fused-ring (bicyclic) bond motifs is 1. The molecular formula is C10H14ClNS. The van der Waals surface area contributed by atoms with Crippen LogP contribution < -0.4 is 5.73 Å². The number of aryl methyl sites for hydroxylation is 1. The summed E-state index contributed by atoms with van der Waals surface area (Å²) in [5.74, 6) is 1.25. The van der Waals surface area contributed by atoms with E-state index in [9.17, 15) is 0 Å². The van der Waals surface area contributed by atoms with Gasteiger partial charge in [-0.15, -0.1) is 24.2 Å². The van der Waals surface area contributed by atoms with Gasteiger partial charge in [-0.2, -0.15) is 0 Å². The fourth-order valence-electron chi connectivity index (χ4n) is 1.56. The van der Waals surface area contributed by atoms with Gasteiger partial charge >= 0.3 is 0 Å². The molecule has 0 fully saturated rings. The summed E-state index contributed by atoms with van der Waals surface area (Å²) in [5.41, 5.74) is 8.41. The Morgan fingerprint density at radius 3 is 3.00 bits per heavy atom. The molecule has 0 aromatic heterocycles. The Labute approximate surface area is 89.5 Å². The Morgan fingerprint density at radius 1 is 1.38 bits per heavy atom. The lowest BCUT2D eigenvalue weighted by Crippen LogP contribution is -2.02. The highest BCUT2D eigenvalue weighted by Crippen LogP contribution is 2.31. The van der Waals surface area contributed by atoms with Crippen molar-refractivity contribution >= 4 is 24.2 Å². The molecule has 1 aromatic carbocycles. The van der Waals surface area contributed by atoms with Crippen LogP contribution in [0, 0.1) is 0 Å². The van der Waals surface area contributed by atoms with Crippen molar-refractivity contribution in [3.63, 3.8) is 0 Å². The monoisotopic (exact) mass is 215 g/mol. The summed E-state index contributed by atoms with van der Waals surface area (Å²) < 4.78 is 0. The minimum atomic E-state index is 0. The van der Waals surface area contributed by atoms with E-state index in [2.05, 4.69) is 18.2 Å². The summed E-state index contributed by atoms with van der Waals surface area (Å²) in [6, 6.07) is 6.74. The van der Waals surface area contributed by atoms with Gasteiger partial charge in [0.2, 0.25) is 0 Å². The van der Waals surface area contributed by atoms with Gasteiger partial charge in [-0.25, -0.2) is 0 Å². The standard InChI is InChI=1S/C10H13NS.ClH/c11-5-3-8-1-2-10-9(7-8)4-6-12-10;/h1-2,7H,3-6,11H2;1H. The number of thioether (sulfide) groups is 1. The molecule has 2 rings (SSSR count). The van der Waals surface area contributed by atoms with Gasteiger partial charge in [0.1, 0.15) is 0 Å². The van der Waals surface area contributed by atoms with Crippen LogP contribution in [0.4, 0.5) is 0 Å². The minimum absolute atomic E-state index is 0. The van der Waals surface area contributed by atoms with Gasteiger partial charge in [-0.1, -0.05) is 12.1 Å². The van der Waals surface area contributed by atoms with Crippen molar-refractivity contribution in [2.75, 3.05) is 12.3 Å². The maximum absolute atomic E-state index is 5.50. The van der Waals surface area contributed by atoms with Crippen molar-refractivity contribution in [2.45, 2.75) is 17.7 Å². The molecule has 0 amide bonds. The van der Waals surface area contributed by atoms with E-state index in [0.29, 0.717) is 0 Å². The van der Waals surface area contributed by atoms with Crippen LogP contribution in [0.1, 0.15) is 11.1 Å². The van der Waals surface area contributed by atoms with Crippen molar-refractivity contribution in [1.29, 1.82) is 0 Å². The third kappa shape index (κ3) is 2.39. The summed E-state index contributed by atoms with van der Waals surface area (Å²) in [6.07, 6.45) is 2.25. The highest BCUT2D eigenvalue weighted by atomic mass is 35.5. The first-order valence-electron chi connectivity index (χ1n) is 4.35. The molecule has 0 bridgehead atoms. The van der Waals surface area contributed by atoms with E-state index < -0.39 is 0 Å². The molecule has 2 N–H and O–H groups in total. The van der Waals surface area contributed by atoms with Crippen LogP contribution in [-0.2, 0) is 12.8 Å². The number of rotatable bonds is 2. The molecule has 0 radical (unpaired) electrons. The first-order valence-corrected chi connectivity index (χ1v) is 5.33. The Bertz CT molecular complexity index is 288. The molecule has 13 heavy (non-hydrogen) atoms. The molecule has 3 heteroatoms. The largest absolute Gasteiger partial charge is 0.330 e. The summed E-state index contributed by atoms with van der Waals surface area (Å²) >= 11 is 1.96. The van der Waals surface area contributed by atoms with Crippen LogP contribution in [-0.4, -0.2) is 12.3 Å². The fourth-order valence-corrected chi connectivity index (χ4v) is 2.61. The molecule has 0 atom stereocenters. The summed E-state index contributed by atoms with van der Waals surface area (Å²) in [6.45, 7) is 0.756. The normalized spacial score (nSPS) is 13.6. The van der Waals surface area contributed by atoms with Gasteiger partial charge in [-0.05, 0) is 36.6 Å². The van der Waals surface area contributed by atoms with E-state index in [4.69, 9.17) is 5.73 Å². The van der Waals surface area contributed by atoms with Crippen molar-refractivity contribution < 1.29 is 0 Å². The average Bonchev–Trinajstić information content (AvgIpc) is 2.51. The van der Waals surface area contributed by atoms with E-state index >= 15 is 0 Å². The van der Waals surface area contributed by atoms with Crippen LogP contribution in [0.3, 0.4) is 0 Å². The van der Waals surface area contributed by atoms with Crippen LogP contribution in [0.15, 0.2) is 23.1 Å². The zero-order valence-corrected chi connectivity index (χ0v) is 9.09. The summed E-state index contributed by atoms with van der Waals surface area (Å²) in [4.78, 5) is 1.47. The highest BCUT2D eigenvalue weighted by Gasteiger charge is 2.10. The van der Waals surface area contributed by atoms with E-state index in [0.717, 1.165) is 13.0 Å². The van der Waals surface area contributed by atoms with Crippen molar-refractivity contribution in [3.8, 4) is 0 Å². The molecule has 0 saturated carbocycles. The molecule has 1 aliphatic heterocycles. The fraction of sp³-hybridized carbons (Fsp3) is 0.400. The molecule has 0 spiro atoms. The lowest BCUT2D eigenvalue weighted by atomic mass is 10.1. The van der Waals surface area contributed by atoms with Gasteiger partial charge in [-0.3, -0.25) is 0 Å². The first-order chi connectivity index (χ1) is 5.90.